The topological polar surface area (TPSA) is 76.7 Å². The maximum Gasteiger partial charge on any atom is 0.338 e. The van der Waals surface area contributed by atoms with Crippen LogP contribution in [0.5, 0.6) is 5.75 Å². The van der Waals surface area contributed by atoms with E-state index in [0.717, 1.165) is 11.1 Å². The molecule has 0 spiro atoms. The van der Waals surface area contributed by atoms with Crippen LogP contribution in [0, 0.1) is 0 Å². The van der Waals surface area contributed by atoms with Crippen LogP contribution < -0.4 is 15.4 Å². The van der Waals surface area contributed by atoms with Crippen LogP contribution in [0.3, 0.4) is 0 Å². The molecule has 1 unspecified atom stereocenters. The zero-order valence-corrected chi connectivity index (χ0v) is 16.9. The van der Waals surface area contributed by atoms with Crippen LogP contribution in [0.1, 0.15) is 44.4 Å². The van der Waals surface area contributed by atoms with Crippen LogP contribution in [-0.2, 0) is 16.1 Å². The summed E-state index contributed by atoms with van der Waals surface area (Å²) in [7, 11) is 0. The van der Waals surface area contributed by atoms with Gasteiger partial charge in [0.2, 0.25) is 0 Å². The molecule has 2 N–H and O–H groups in total. The maximum absolute atomic E-state index is 12.8. The Morgan fingerprint density at radius 1 is 1.10 bits per heavy atom. The SMILES string of the molecule is CCC1=C(C(=O)OC(C)C)C(c2cccc(OCc3ccccc3)c2)NC(=O)N1. The number of hydrogen-bond donors (Lipinski definition) is 2. The van der Waals surface area contributed by atoms with Gasteiger partial charge in [-0.05, 0) is 43.5 Å². The lowest BCUT2D eigenvalue weighted by Crippen LogP contribution is -2.46. The second-order valence-corrected chi connectivity index (χ2v) is 7.08. The molecule has 0 saturated heterocycles. The summed E-state index contributed by atoms with van der Waals surface area (Å²) in [5, 5.41) is 5.57. The van der Waals surface area contributed by atoms with E-state index in [1.165, 1.54) is 0 Å². The summed E-state index contributed by atoms with van der Waals surface area (Å²) in [5.41, 5.74) is 2.80. The maximum atomic E-state index is 12.8. The predicted molar refractivity (Wildman–Crippen MR) is 110 cm³/mol. The highest BCUT2D eigenvalue weighted by atomic mass is 16.5. The number of carbonyl (C=O) groups is 2. The van der Waals surface area contributed by atoms with E-state index in [1.807, 2.05) is 61.5 Å². The van der Waals surface area contributed by atoms with E-state index in [1.54, 1.807) is 13.8 Å². The monoisotopic (exact) mass is 394 g/mol. The van der Waals surface area contributed by atoms with Crippen molar-refractivity contribution in [3.8, 4) is 5.75 Å². The quantitative estimate of drug-likeness (QED) is 0.689. The highest BCUT2D eigenvalue weighted by Crippen LogP contribution is 2.31. The Hall–Kier alpha value is -3.28. The van der Waals surface area contributed by atoms with Crippen molar-refractivity contribution < 1.29 is 19.1 Å². The van der Waals surface area contributed by atoms with Crippen molar-refractivity contribution in [3.63, 3.8) is 0 Å². The van der Waals surface area contributed by atoms with E-state index in [2.05, 4.69) is 10.6 Å². The smallest absolute Gasteiger partial charge is 0.338 e. The number of benzene rings is 2. The Labute approximate surface area is 170 Å². The molecule has 0 radical (unpaired) electrons. The standard InChI is InChI=1S/C23H26N2O4/c1-4-19-20(22(26)29-15(2)3)21(25-23(27)24-19)17-11-8-12-18(13-17)28-14-16-9-6-5-7-10-16/h5-13,15,21H,4,14H2,1-3H3,(H2,24,25,27). The number of carbonyl (C=O) groups excluding carboxylic acids is 2. The molecule has 6 heteroatoms. The second-order valence-electron chi connectivity index (χ2n) is 7.08. The average Bonchev–Trinajstić information content (AvgIpc) is 2.72. The molecule has 2 aromatic rings. The van der Waals surface area contributed by atoms with Crippen molar-refractivity contribution in [2.24, 2.45) is 0 Å². The number of allylic oxidation sites excluding steroid dienone is 1. The van der Waals surface area contributed by atoms with E-state index >= 15 is 0 Å². The van der Waals surface area contributed by atoms with Crippen molar-refractivity contribution in [1.29, 1.82) is 0 Å². The van der Waals surface area contributed by atoms with Gasteiger partial charge in [-0.2, -0.15) is 0 Å². The highest BCUT2D eigenvalue weighted by Gasteiger charge is 2.33. The Morgan fingerprint density at radius 3 is 2.55 bits per heavy atom. The molecule has 152 valence electrons. The zero-order chi connectivity index (χ0) is 20.8. The Morgan fingerprint density at radius 2 is 1.86 bits per heavy atom. The molecule has 2 aromatic carbocycles. The molecule has 6 nitrogen and oxygen atoms in total. The average molecular weight is 394 g/mol. The minimum absolute atomic E-state index is 0.257. The van der Waals surface area contributed by atoms with Crippen LogP contribution >= 0.6 is 0 Å². The first-order chi connectivity index (χ1) is 14.0. The molecule has 3 rings (SSSR count). The van der Waals surface area contributed by atoms with Gasteiger partial charge in [0.25, 0.3) is 0 Å². The van der Waals surface area contributed by atoms with Gasteiger partial charge in [0.05, 0.1) is 17.7 Å². The second kappa shape index (κ2) is 9.28. The van der Waals surface area contributed by atoms with Crippen molar-refractivity contribution in [2.75, 3.05) is 0 Å². The first kappa shape index (κ1) is 20.5. The molecular formula is C23H26N2O4. The number of rotatable bonds is 7. The van der Waals surface area contributed by atoms with Crippen LogP contribution in [0.2, 0.25) is 0 Å². The normalized spacial score (nSPS) is 16.3. The third-order valence-electron chi connectivity index (χ3n) is 4.51. The van der Waals surface area contributed by atoms with E-state index in [4.69, 9.17) is 9.47 Å². The van der Waals surface area contributed by atoms with Gasteiger partial charge in [-0.25, -0.2) is 9.59 Å². The summed E-state index contributed by atoms with van der Waals surface area (Å²) in [6.45, 7) is 5.92. The summed E-state index contributed by atoms with van der Waals surface area (Å²) in [6.07, 6.45) is 0.253. The summed E-state index contributed by atoms with van der Waals surface area (Å²) in [4.78, 5) is 24.9. The fraction of sp³-hybridized carbons (Fsp3) is 0.304. The number of hydrogen-bond acceptors (Lipinski definition) is 4. The van der Waals surface area contributed by atoms with Gasteiger partial charge >= 0.3 is 12.0 Å². The third kappa shape index (κ3) is 5.16. The lowest BCUT2D eigenvalue weighted by Gasteiger charge is -2.29. The van der Waals surface area contributed by atoms with Crippen molar-refractivity contribution >= 4 is 12.0 Å². The molecule has 0 aromatic heterocycles. The van der Waals surface area contributed by atoms with E-state index in [-0.39, 0.29) is 12.1 Å². The molecule has 0 fully saturated rings. The fourth-order valence-corrected chi connectivity index (χ4v) is 3.19. The Bertz CT molecular complexity index is 906. The van der Waals surface area contributed by atoms with E-state index in [0.29, 0.717) is 30.0 Å². The van der Waals surface area contributed by atoms with Gasteiger partial charge in [0, 0.05) is 5.70 Å². The Balaban J connectivity index is 1.88. The fourth-order valence-electron chi connectivity index (χ4n) is 3.19. The van der Waals surface area contributed by atoms with Crippen LogP contribution in [-0.4, -0.2) is 18.1 Å². The molecule has 2 amide bonds. The number of nitrogens with one attached hydrogen (secondary N) is 2. The third-order valence-corrected chi connectivity index (χ3v) is 4.51. The van der Waals surface area contributed by atoms with Gasteiger partial charge in [-0.3, -0.25) is 0 Å². The van der Waals surface area contributed by atoms with Gasteiger partial charge in [-0.15, -0.1) is 0 Å². The zero-order valence-electron chi connectivity index (χ0n) is 16.9. The van der Waals surface area contributed by atoms with E-state index in [9.17, 15) is 9.59 Å². The summed E-state index contributed by atoms with van der Waals surface area (Å²) >= 11 is 0. The minimum Gasteiger partial charge on any atom is -0.489 e. The van der Waals surface area contributed by atoms with E-state index < -0.39 is 12.0 Å². The van der Waals surface area contributed by atoms with Crippen LogP contribution in [0.25, 0.3) is 0 Å². The molecule has 1 aliphatic rings. The van der Waals surface area contributed by atoms with Gasteiger partial charge < -0.3 is 20.1 Å². The molecule has 1 aliphatic heterocycles. The highest BCUT2D eigenvalue weighted by molar-refractivity contribution is 5.95. The van der Waals surface area contributed by atoms with Gasteiger partial charge in [-0.1, -0.05) is 49.4 Å². The number of esters is 1. The molecular weight excluding hydrogens is 368 g/mol. The molecule has 0 saturated carbocycles. The first-order valence-corrected chi connectivity index (χ1v) is 9.76. The molecule has 1 heterocycles. The molecule has 29 heavy (non-hydrogen) atoms. The van der Waals surface area contributed by atoms with Crippen molar-refractivity contribution in [1.82, 2.24) is 10.6 Å². The van der Waals surface area contributed by atoms with Crippen molar-refractivity contribution in [3.05, 3.63) is 77.0 Å². The summed E-state index contributed by atoms with van der Waals surface area (Å²) < 4.78 is 11.3. The molecule has 1 atom stereocenters. The van der Waals surface area contributed by atoms with Gasteiger partial charge in [0.1, 0.15) is 12.4 Å². The minimum atomic E-state index is -0.606. The number of ether oxygens (including phenoxy) is 2. The van der Waals surface area contributed by atoms with Crippen LogP contribution in [0.4, 0.5) is 4.79 Å². The predicted octanol–water partition coefficient (Wildman–Crippen LogP) is 4.24. The van der Waals surface area contributed by atoms with Crippen molar-refractivity contribution in [2.45, 2.75) is 45.9 Å². The van der Waals surface area contributed by atoms with Crippen LogP contribution in [0.15, 0.2) is 65.9 Å². The largest absolute Gasteiger partial charge is 0.489 e. The Kier molecular flexibility index (Phi) is 6.54. The molecule has 0 aliphatic carbocycles. The first-order valence-electron chi connectivity index (χ1n) is 9.76. The number of amides is 2. The summed E-state index contributed by atoms with van der Waals surface area (Å²) in [5.74, 6) is 0.221. The number of urea groups is 1. The lowest BCUT2D eigenvalue weighted by molar-refractivity contribution is -0.143. The summed E-state index contributed by atoms with van der Waals surface area (Å²) in [6, 6.07) is 16.3. The molecule has 0 bridgehead atoms. The van der Waals surface area contributed by atoms with Gasteiger partial charge in [0.15, 0.2) is 0 Å². The lowest BCUT2D eigenvalue weighted by atomic mass is 9.94.